The summed E-state index contributed by atoms with van der Waals surface area (Å²) < 4.78 is 5.73. The number of hydrogen-bond acceptors (Lipinski definition) is 3. The van der Waals surface area contributed by atoms with Gasteiger partial charge in [0.05, 0.1) is 0 Å². The van der Waals surface area contributed by atoms with Crippen LogP contribution < -0.4 is 4.74 Å². The number of carbonyl (C=O) groups excluding carboxylic acids is 1. The maximum atomic E-state index is 12.2. The molecule has 0 spiro atoms. The summed E-state index contributed by atoms with van der Waals surface area (Å²) in [6, 6.07) is 17.0. The van der Waals surface area contributed by atoms with Gasteiger partial charge in [-0.1, -0.05) is 32.0 Å². The van der Waals surface area contributed by atoms with E-state index in [0.717, 1.165) is 36.7 Å². The van der Waals surface area contributed by atoms with Crippen LogP contribution in [0, 0.1) is 0 Å². The zero-order valence-electron chi connectivity index (χ0n) is 13.7. The van der Waals surface area contributed by atoms with E-state index in [-0.39, 0.29) is 18.2 Å². The lowest BCUT2D eigenvalue weighted by atomic mass is 10.1. The monoisotopic (exact) mass is 333 g/mol. The van der Waals surface area contributed by atoms with Gasteiger partial charge in [0.15, 0.2) is 5.78 Å². The molecule has 124 valence electrons. The van der Waals surface area contributed by atoms with Gasteiger partial charge in [-0.2, -0.15) is 0 Å². The SMILES string of the molecule is CCN(CC)CCC(=O)c1ccc(Oc2ccccc2)cc1.Cl. The third kappa shape index (κ3) is 6.05. The van der Waals surface area contributed by atoms with Crippen molar-refractivity contribution in [3.8, 4) is 11.5 Å². The molecule has 0 fully saturated rings. The van der Waals surface area contributed by atoms with Crippen molar-refractivity contribution >= 4 is 18.2 Å². The van der Waals surface area contributed by atoms with E-state index in [2.05, 4.69) is 18.7 Å². The number of hydrogen-bond donors (Lipinski definition) is 0. The van der Waals surface area contributed by atoms with E-state index in [1.807, 2.05) is 54.6 Å². The van der Waals surface area contributed by atoms with Crippen molar-refractivity contribution in [3.05, 3.63) is 60.2 Å². The molecule has 0 aromatic heterocycles. The number of rotatable bonds is 8. The highest BCUT2D eigenvalue weighted by atomic mass is 35.5. The Balaban J connectivity index is 0.00000264. The molecule has 23 heavy (non-hydrogen) atoms. The van der Waals surface area contributed by atoms with Crippen LogP contribution in [0.25, 0.3) is 0 Å². The number of ketones is 1. The second-order valence-electron chi connectivity index (χ2n) is 5.14. The standard InChI is InChI=1S/C19H23NO2.ClH/c1-3-20(4-2)15-14-19(21)16-10-12-18(13-11-16)22-17-8-6-5-7-9-17;/h5-13H,3-4,14-15H2,1-2H3;1H. The normalized spacial score (nSPS) is 10.2. The molecule has 2 rings (SSSR count). The molecular weight excluding hydrogens is 310 g/mol. The first-order valence-corrected chi connectivity index (χ1v) is 7.81. The summed E-state index contributed by atoms with van der Waals surface area (Å²) >= 11 is 0. The van der Waals surface area contributed by atoms with Gasteiger partial charge in [-0.25, -0.2) is 0 Å². The fourth-order valence-electron chi connectivity index (χ4n) is 2.28. The lowest BCUT2D eigenvalue weighted by molar-refractivity contribution is 0.0966. The van der Waals surface area contributed by atoms with Crippen molar-refractivity contribution in [3.63, 3.8) is 0 Å². The first kappa shape index (κ1) is 19.2. The lowest BCUT2D eigenvalue weighted by Crippen LogP contribution is -2.25. The maximum Gasteiger partial charge on any atom is 0.164 e. The highest BCUT2D eigenvalue weighted by Gasteiger charge is 2.08. The van der Waals surface area contributed by atoms with Gasteiger partial charge >= 0.3 is 0 Å². The van der Waals surface area contributed by atoms with Crippen LogP contribution in [0.5, 0.6) is 11.5 Å². The molecule has 0 unspecified atom stereocenters. The summed E-state index contributed by atoms with van der Waals surface area (Å²) in [7, 11) is 0. The van der Waals surface area contributed by atoms with Crippen LogP contribution in [-0.4, -0.2) is 30.3 Å². The molecule has 0 amide bonds. The summed E-state index contributed by atoms with van der Waals surface area (Å²) in [6.07, 6.45) is 0.556. The molecule has 0 bridgehead atoms. The molecule has 0 radical (unpaired) electrons. The Labute approximate surface area is 144 Å². The van der Waals surface area contributed by atoms with Gasteiger partial charge < -0.3 is 9.64 Å². The predicted octanol–water partition coefficient (Wildman–Crippen LogP) is 4.82. The number of carbonyl (C=O) groups is 1. The van der Waals surface area contributed by atoms with Gasteiger partial charge in [0.1, 0.15) is 11.5 Å². The molecule has 0 saturated carbocycles. The molecule has 2 aromatic carbocycles. The van der Waals surface area contributed by atoms with Crippen LogP contribution in [0.3, 0.4) is 0 Å². The minimum absolute atomic E-state index is 0. The Hall–Kier alpha value is -1.84. The van der Waals surface area contributed by atoms with Crippen molar-refractivity contribution in [2.45, 2.75) is 20.3 Å². The Morgan fingerprint density at radius 3 is 2.04 bits per heavy atom. The van der Waals surface area contributed by atoms with E-state index >= 15 is 0 Å². The largest absolute Gasteiger partial charge is 0.457 e. The second kappa shape index (κ2) is 10.0. The molecule has 0 aliphatic carbocycles. The average molecular weight is 334 g/mol. The minimum Gasteiger partial charge on any atom is -0.457 e. The Morgan fingerprint density at radius 1 is 0.913 bits per heavy atom. The van der Waals surface area contributed by atoms with E-state index in [1.165, 1.54) is 0 Å². The average Bonchev–Trinajstić information content (AvgIpc) is 2.57. The molecule has 0 saturated heterocycles. The van der Waals surface area contributed by atoms with Gasteiger partial charge in [0.25, 0.3) is 0 Å². The predicted molar refractivity (Wildman–Crippen MR) is 96.9 cm³/mol. The van der Waals surface area contributed by atoms with Crippen molar-refractivity contribution in [1.82, 2.24) is 4.90 Å². The van der Waals surface area contributed by atoms with Gasteiger partial charge in [-0.3, -0.25) is 4.79 Å². The molecule has 0 aliphatic heterocycles. The summed E-state index contributed by atoms with van der Waals surface area (Å²) in [5.41, 5.74) is 0.743. The number of ether oxygens (including phenoxy) is 1. The van der Waals surface area contributed by atoms with E-state index in [9.17, 15) is 4.79 Å². The Kier molecular flexibility index (Phi) is 8.38. The van der Waals surface area contributed by atoms with Gasteiger partial charge in [0.2, 0.25) is 0 Å². The first-order valence-electron chi connectivity index (χ1n) is 7.81. The molecule has 4 heteroatoms. The number of para-hydroxylation sites is 1. The minimum atomic E-state index is 0. The smallest absolute Gasteiger partial charge is 0.164 e. The third-order valence-corrected chi connectivity index (χ3v) is 3.70. The van der Waals surface area contributed by atoms with Crippen molar-refractivity contribution in [2.24, 2.45) is 0 Å². The van der Waals surface area contributed by atoms with Crippen LogP contribution in [0.2, 0.25) is 0 Å². The highest BCUT2D eigenvalue weighted by Crippen LogP contribution is 2.21. The Bertz CT molecular complexity index is 580. The number of benzene rings is 2. The molecule has 0 aliphatic rings. The quantitative estimate of drug-likeness (QED) is 0.649. The molecular formula is C19H24ClNO2. The van der Waals surface area contributed by atoms with Crippen LogP contribution in [0.1, 0.15) is 30.6 Å². The Morgan fingerprint density at radius 2 is 1.48 bits per heavy atom. The highest BCUT2D eigenvalue weighted by molar-refractivity contribution is 5.96. The fraction of sp³-hybridized carbons (Fsp3) is 0.316. The summed E-state index contributed by atoms with van der Waals surface area (Å²) in [5.74, 6) is 1.72. The lowest BCUT2D eigenvalue weighted by Gasteiger charge is -2.17. The zero-order chi connectivity index (χ0) is 15.8. The van der Waals surface area contributed by atoms with Gasteiger partial charge in [0, 0.05) is 18.5 Å². The van der Waals surface area contributed by atoms with Crippen LogP contribution >= 0.6 is 12.4 Å². The molecule has 0 heterocycles. The molecule has 0 atom stereocenters. The van der Waals surface area contributed by atoms with E-state index in [1.54, 1.807) is 0 Å². The van der Waals surface area contributed by atoms with Crippen molar-refractivity contribution in [2.75, 3.05) is 19.6 Å². The zero-order valence-corrected chi connectivity index (χ0v) is 14.5. The van der Waals surface area contributed by atoms with Crippen LogP contribution in [0.15, 0.2) is 54.6 Å². The van der Waals surface area contributed by atoms with Crippen LogP contribution in [-0.2, 0) is 0 Å². The number of Topliss-reactive ketones (excluding diaryl/α,β-unsaturated/α-hetero) is 1. The molecule has 2 aromatic rings. The number of halogens is 1. The van der Waals surface area contributed by atoms with E-state index < -0.39 is 0 Å². The maximum absolute atomic E-state index is 12.2. The summed E-state index contributed by atoms with van der Waals surface area (Å²) in [4.78, 5) is 14.4. The third-order valence-electron chi connectivity index (χ3n) is 3.70. The van der Waals surface area contributed by atoms with Crippen molar-refractivity contribution in [1.29, 1.82) is 0 Å². The summed E-state index contributed by atoms with van der Waals surface area (Å²) in [6.45, 7) is 7.00. The second-order valence-corrected chi connectivity index (χ2v) is 5.14. The van der Waals surface area contributed by atoms with Gasteiger partial charge in [-0.15, -0.1) is 12.4 Å². The van der Waals surface area contributed by atoms with E-state index in [4.69, 9.17) is 4.74 Å². The topological polar surface area (TPSA) is 29.5 Å². The van der Waals surface area contributed by atoms with Crippen molar-refractivity contribution < 1.29 is 9.53 Å². The fourth-order valence-corrected chi connectivity index (χ4v) is 2.28. The first-order chi connectivity index (χ1) is 10.7. The molecule has 3 nitrogen and oxygen atoms in total. The summed E-state index contributed by atoms with van der Waals surface area (Å²) in [5, 5.41) is 0. The number of nitrogens with zero attached hydrogens (tertiary/aromatic N) is 1. The van der Waals surface area contributed by atoms with E-state index in [0.29, 0.717) is 6.42 Å². The van der Waals surface area contributed by atoms with Gasteiger partial charge in [-0.05, 0) is 49.5 Å². The van der Waals surface area contributed by atoms with Crippen LogP contribution in [0.4, 0.5) is 0 Å². The molecule has 0 N–H and O–H groups in total.